The van der Waals surface area contributed by atoms with Crippen molar-refractivity contribution in [1.29, 1.82) is 0 Å². The summed E-state index contributed by atoms with van der Waals surface area (Å²) in [5.74, 6) is 0.686. The second-order valence-corrected chi connectivity index (χ2v) is 12.5. The van der Waals surface area contributed by atoms with E-state index in [2.05, 4.69) is 144 Å². The smallest absolute Gasteiger partial charge is 0.235 e. The summed E-state index contributed by atoms with van der Waals surface area (Å²) >= 11 is 1.85. The van der Waals surface area contributed by atoms with Crippen LogP contribution >= 0.6 is 11.3 Å². The number of hydrogen-bond donors (Lipinski definition) is 0. The van der Waals surface area contributed by atoms with E-state index in [0.717, 1.165) is 33.2 Å². The van der Waals surface area contributed by atoms with E-state index < -0.39 is 0 Å². The van der Waals surface area contributed by atoms with Gasteiger partial charge >= 0.3 is 0 Å². The van der Waals surface area contributed by atoms with Crippen molar-refractivity contribution < 1.29 is 0 Å². The molecule has 3 aromatic heterocycles. The molecule has 3 nitrogen and oxygen atoms in total. The molecule has 7 aromatic carbocycles. The first-order valence-corrected chi connectivity index (χ1v) is 15.7. The molecule has 0 spiro atoms. The summed E-state index contributed by atoms with van der Waals surface area (Å²) in [5.41, 5.74) is 5.25. The van der Waals surface area contributed by atoms with Crippen LogP contribution in [-0.4, -0.2) is 14.5 Å². The van der Waals surface area contributed by atoms with E-state index in [1.54, 1.807) is 0 Å². The third kappa shape index (κ3) is 3.31. The first-order chi connectivity index (χ1) is 21.8. The Balaban J connectivity index is 1.38. The SMILES string of the molecule is c1ccc2cc3c(cc2c1)sc1ccc2c4ccccc4n(-c4nc(-c5cccc6ccccc56)c5ccccc5n4)c2c13. The van der Waals surface area contributed by atoms with Crippen molar-refractivity contribution in [3.05, 3.63) is 140 Å². The monoisotopic (exact) mass is 577 g/mol. The van der Waals surface area contributed by atoms with Crippen molar-refractivity contribution in [2.75, 3.05) is 0 Å². The van der Waals surface area contributed by atoms with Crippen LogP contribution in [0.3, 0.4) is 0 Å². The van der Waals surface area contributed by atoms with Crippen molar-refractivity contribution in [2.45, 2.75) is 0 Å². The number of hydrogen-bond acceptors (Lipinski definition) is 3. The number of aromatic nitrogens is 3. The Labute approximate surface area is 256 Å². The van der Waals surface area contributed by atoms with E-state index in [1.807, 2.05) is 11.3 Å². The van der Waals surface area contributed by atoms with Gasteiger partial charge in [0.25, 0.3) is 0 Å². The Hall–Kier alpha value is -5.58. The fourth-order valence-corrected chi connectivity index (χ4v) is 8.15. The van der Waals surface area contributed by atoms with E-state index >= 15 is 0 Å². The van der Waals surface area contributed by atoms with Gasteiger partial charge in [0.15, 0.2) is 0 Å². The Morgan fingerprint density at radius 3 is 2.07 bits per heavy atom. The van der Waals surface area contributed by atoms with Crippen LogP contribution < -0.4 is 0 Å². The van der Waals surface area contributed by atoms with Crippen molar-refractivity contribution in [1.82, 2.24) is 14.5 Å². The van der Waals surface area contributed by atoms with Crippen LogP contribution in [0.2, 0.25) is 0 Å². The molecule has 0 radical (unpaired) electrons. The highest BCUT2D eigenvalue weighted by Crippen LogP contribution is 2.44. The average Bonchev–Trinajstić information content (AvgIpc) is 3.61. The first kappa shape index (κ1) is 23.9. The molecule has 0 aliphatic rings. The molecule has 0 saturated heterocycles. The molecule has 0 atom stereocenters. The van der Waals surface area contributed by atoms with Gasteiger partial charge in [-0.25, -0.2) is 9.97 Å². The summed E-state index contributed by atoms with van der Waals surface area (Å²) < 4.78 is 4.86. The molecule has 3 heterocycles. The van der Waals surface area contributed by atoms with Gasteiger partial charge in [-0.1, -0.05) is 109 Å². The number of thiophene rings is 1. The molecule has 0 amide bonds. The molecular formula is C40H23N3S. The third-order valence-corrected chi connectivity index (χ3v) is 10.1. The molecule has 0 fully saturated rings. The molecule has 0 unspecified atom stereocenters. The van der Waals surface area contributed by atoms with Gasteiger partial charge in [-0.2, -0.15) is 0 Å². The highest BCUT2D eigenvalue weighted by Gasteiger charge is 2.21. The normalized spacial score (nSPS) is 12.1. The van der Waals surface area contributed by atoms with Gasteiger partial charge in [-0.05, 0) is 51.9 Å². The molecule has 0 N–H and O–H groups in total. The maximum absolute atomic E-state index is 5.44. The topological polar surface area (TPSA) is 30.7 Å². The molecule has 0 aliphatic carbocycles. The zero-order valence-electron chi connectivity index (χ0n) is 23.5. The number of para-hydroxylation sites is 2. The van der Waals surface area contributed by atoms with E-state index in [0.29, 0.717) is 5.95 Å². The second-order valence-electron chi connectivity index (χ2n) is 11.4. The minimum atomic E-state index is 0.686. The van der Waals surface area contributed by atoms with Gasteiger partial charge in [0, 0.05) is 41.9 Å². The molecular weight excluding hydrogens is 555 g/mol. The fourth-order valence-electron chi connectivity index (χ4n) is 7.01. The summed E-state index contributed by atoms with van der Waals surface area (Å²) in [7, 11) is 0. The van der Waals surface area contributed by atoms with Crippen molar-refractivity contribution >= 4 is 85.8 Å². The zero-order chi connectivity index (χ0) is 28.8. The van der Waals surface area contributed by atoms with Crippen LogP contribution in [0.5, 0.6) is 0 Å². The molecule has 10 aromatic rings. The predicted molar refractivity (Wildman–Crippen MR) is 187 cm³/mol. The summed E-state index contributed by atoms with van der Waals surface area (Å²) in [6, 6.07) is 49.9. The molecule has 44 heavy (non-hydrogen) atoms. The largest absolute Gasteiger partial charge is 0.277 e. The van der Waals surface area contributed by atoms with E-state index in [4.69, 9.17) is 9.97 Å². The predicted octanol–water partition coefficient (Wildman–Crippen LogP) is 11.1. The van der Waals surface area contributed by atoms with Crippen LogP contribution in [-0.2, 0) is 0 Å². The maximum atomic E-state index is 5.44. The number of nitrogens with zero attached hydrogens (tertiary/aromatic N) is 3. The summed E-state index contributed by atoms with van der Waals surface area (Å²) in [4.78, 5) is 10.7. The molecule has 10 rings (SSSR count). The molecule has 4 heteroatoms. The lowest BCUT2D eigenvalue weighted by atomic mass is 9.99. The van der Waals surface area contributed by atoms with Crippen molar-refractivity contribution in [3.8, 4) is 17.2 Å². The highest BCUT2D eigenvalue weighted by atomic mass is 32.1. The van der Waals surface area contributed by atoms with Crippen LogP contribution in [0.4, 0.5) is 0 Å². The van der Waals surface area contributed by atoms with Gasteiger partial charge < -0.3 is 0 Å². The van der Waals surface area contributed by atoms with E-state index in [1.165, 1.54) is 52.5 Å². The van der Waals surface area contributed by atoms with Crippen LogP contribution in [0.1, 0.15) is 0 Å². The van der Waals surface area contributed by atoms with Gasteiger partial charge in [0.05, 0.1) is 22.2 Å². The average molecular weight is 578 g/mol. The van der Waals surface area contributed by atoms with E-state index in [-0.39, 0.29) is 0 Å². The number of fused-ring (bicyclic) bond motifs is 10. The second kappa shape index (κ2) is 8.96. The Bertz CT molecular complexity index is 2780. The molecule has 0 bridgehead atoms. The van der Waals surface area contributed by atoms with Crippen LogP contribution in [0, 0.1) is 0 Å². The molecule has 204 valence electrons. The quantitative estimate of drug-likeness (QED) is 0.205. The minimum Gasteiger partial charge on any atom is -0.277 e. The molecule has 0 saturated carbocycles. The first-order valence-electron chi connectivity index (χ1n) is 14.8. The maximum Gasteiger partial charge on any atom is 0.235 e. The fraction of sp³-hybridized carbons (Fsp3) is 0. The van der Waals surface area contributed by atoms with Crippen molar-refractivity contribution in [3.63, 3.8) is 0 Å². The number of rotatable bonds is 2. The lowest BCUT2D eigenvalue weighted by Gasteiger charge is -2.13. The van der Waals surface area contributed by atoms with Crippen LogP contribution in [0.15, 0.2) is 140 Å². The van der Waals surface area contributed by atoms with Gasteiger partial charge in [-0.3, -0.25) is 4.57 Å². The lowest BCUT2D eigenvalue weighted by Crippen LogP contribution is -2.03. The zero-order valence-corrected chi connectivity index (χ0v) is 24.3. The third-order valence-electron chi connectivity index (χ3n) is 8.97. The van der Waals surface area contributed by atoms with E-state index in [9.17, 15) is 0 Å². The van der Waals surface area contributed by atoms with Crippen LogP contribution in [0.25, 0.3) is 91.6 Å². The van der Waals surface area contributed by atoms with Crippen molar-refractivity contribution in [2.24, 2.45) is 0 Å². The lowest BCUT2D eigenvalue weighted by molar-refractivity contribution is 1.02. The number of benzene rings is 7. The summed E-state index contributed by atoms with van der Waals surface area (Å²) in [6.07, 6.45) is 0. The van der Waals surface area contributed by atoms with Gasteiger partial charge in [0.1, 0.15) is 0 Å². The Morgan fingerprint density at radius 1 is 0.477 bits per heavy atom. The standard InChI is InChI=1S/C40H23N3S/c1-2-12-26-23-36-32(22-25(26)11-1)37-35(44-36)21-20-30-28-15-6-8-19-34(28)43(39(30)37)40-41-33-18-7-5-16-31(33)38(42-40)29-17-9-13-24-10-3-4-14-27(24)29/h1-23H. The molecule has 0 aliphatic heterocycles. The van der Waals surface area contributed by atoms with Gasteiger partial charge in [-0.15, -0.1) is 11.3 Å². The van der Waals surface area contributed by atoms with Gasteiger partial charge in [0.2, 0.25) is 5.95 Å². The summed E-state index contributed by atoms with van der Waals surface area (Å²) in [5, 5.41) is 10.9. The highest BCUT2D eigenvalue weighted by molar-refractivity contribution is 7.26. The Kier molecular flexibility index (Phi) is 4.87. The minimum absolute atomic E-state index is 0.686. The Morgan fingerprint density at radius 2 is 1.18 bits per heavy atom. The summed E-state index contributed by atoms with van der Waals surface area (Å²) in [6.45, 7) is 0.